The van der Waals surface area contributed by atoms with E-state index in [9.17, 15) is 27.8 Å². The van der Waals surface area contributed by atoms with Crippen molar-refractivity contribution < 1.29 is 36.8 Å². The fourth-order valence-corrected chi connectivity index (χ4v) is 5.53. The number of benzene rings is 3. The van der Waals surface area contributed by atoms with Gasteiger partial charge in [-0.15, -0.1) is 4.36 Å². The van der Waals surface area contributed by atoms with Crippen LogP contribution >= 0.6 is 0 Å². The third kappa shape index (κ3) is 8.47. The number of halogens is 2. The maximum absolute atomic E-state index is 13.9. The fourth-order valence-electron chi connectivity index (χ4n) is 4.43. The van der Waals surface area contributed by atoms with Gasteiger partial charge in [0, 0.05) is 40.2 Å². The minimum absolute atomic E-state index is 0.00734. The quantitative estimate of drug-likeness (QED) is 0.199. The number of carbonyl (C=O) groups excluding carboxylic acids is 2. The zero-order valence-corrected chi connectivity index (χ0v) is 27.3. The molecule has 10 nitrogen and oxygen atoms in total. The third-order valence-corrected chi connectivity index (χ3v) is 8.30. The second-order valence-corrected chi connectivity index (χ2v) is 13.6. The normalized spacial score (nSPS) is 12.4. The molecule has 0 spiro atoms. The maximum atomic E-state index is 13.9. The number of aromatic nitrogens is 1. The van der Waals surface area contributed by atoms with Gasteiger partial charge in [0.2, 0.25) is 5.88 Å². The summed E-state index contributed by atoms with van der Waals surface area (Å²) in [6, 6.07) is 18.1. The number of ether oxygens (including phenoxy) is 3. The minimum atomic E-state index is -3.26. The highest BCUT2D eigenvalue weighted by molar-refractivity contribution is 7.93. The zero-order chi connectivity index (χ0) is 34.5. The lowest BCUT2D eigenvalue weighted by Gasteiger charge is -2.18. The van der Waals surface area contributed by atoms with Gasteiger partial charge in [0.15, 0.2) is 11.5 Å². The molecule has 0 saturated heterocycles. The number of hydrogen-bond acceptors (Lipinski definition) is 8. The number of nitrogens with one attached hydrogen (secondary N) is 1. The maximum Gasteiger partial charge on any atom is 0.442 e. The standard InChI is InChI=1S/C34H32F2N4O6S/c1-20-26(22-11-13-23(14-12-22)30(35)36)19-38-32(45-27-15-10-21(18-37)16-28(27)44-5)29(20)31(41)39-24-8-7-9-25(17-24)47(6,43)40-33(42)46-34(2,3)4/h7-17,19,30H,1-6H3,(H,39,41)/t47-/m1/s1. The molecule has 0 radical (unpaired) electrons. The summed E-state index contributed by atoms with van der Waals surface area (Å²) in [5.74, 6) is -0.363. The van der Waals surface area contributed by atoms with Crippen LogP contribution in [0.3, 0.4) is 0 Å². The SMILES string of the molecule is COc1cc(C#N)ccc1Oc1ncc(-c2ccc(C(F)F)cc2)c(C)c1C(=O)Nc1cccc([S@@](C)(=O)=NC(=O)OC(C)(C)C)c1. The summed E-state index contributed by atoms with van der Waals surface area (Å²) in [5.41, 5.74) is 1.01. The van der Waals surface area contributed by atoms with Crippen molar-refractivity contribution in [3.8, 4) is 34.6 Å². The van der Waals surface area contributed by atoms with Crippen LogP contribution in [0.15, 0.2) is 82.2 Å². The molecule has 13 heteroatoms. The Bertz CT molecular complexity index is 1990. The predicted molar refractivity (Wildman–Crippen MR) is 173 cm³/mol. The van der Waals surface area contributed by atoms with Crippen molar-refractivity contribution in [1.29, 1.82) is 5.26 Å². The highest BCUT2D eigenvalue weighted by Gasteiger charge is 2.24. The molecule has 4 rings (SSSR count). The van der Waals surface area contributed by atoms with Gasteiger partial charge in [0.05, 0.1) is 28.5 Å². The molecule has 1 heterocycles. The van der Waals surface area contributed by atoms with Gasteiger partial charge in [0.1, 0.15) is 11.2 Å². The number of nitriles is 1. The smallest absolute Gasteiger partial charge is 0.442 e. The first-order chi connectivity index (χ1) is 22.1. The average Bonchev–Trinajstić information content (AvgIpc) is 3.00. The van der Waals surface area contributed by atoms with Gasteiger partial charge in [0.25, 0.3) is 12.3 Å². The van der Waals surface area contributed by atoms with Gasteiger partial charge in [-0.1, -0.05) is 30.3 Å². The molecule has 0 unspecified atom stereocenters. The number of rotatable bonds is 8. The van der Waals surface area contributed by atoms with E-state index in [1.807, 2.05) is 6.07 Å². The number of hydrogen-bond donors (Lipinski definition) is 1. The van der Waals surface area contributed by atoms with Crippen molar-refractivity contribution in [2.45, 2.75) is 44.6 Å². The van der Waals surface area contributed by atoms with Gasteiger partial charge in [-0.25, -0.2) is 22.8 Å². The molecule has 1 aromatic heterocycles. The number of nitrogens with zero attached hydrogens (tertiary/aromatic N) is 3. The minimum Gasteiger partial charge on any atom is -0.493 e. The van der Waals surface area contributed by atoms with Gasteiger partial charge in [-0.2, -0.15) is 5.26 Å². The molecular weight excluding hydrogens is 630 g/mol. The first-order valence-electron chi connectivity index (χ1n) is 14.1. The first-order valence-corrected chi connectivity index (χ1v) is 16.0. The van der Waals surface area contributed by atoms with Gasteiger partial charge in [-0.3, -0.25) is 4.79 Å². The van der Waals surface area contributed by atoms with E-state index in [1.54, 1.807) is 39.8 Å². The van der Waals surface area contributed by atoms with Crippen LogP contribution in [0.5, 0.6) is 17.4 Å². The van der Waals surface area contributed by atoms with Crippen LogP contribution in [0.1, 0.15) is 54.2 Å². The van der Waals surface area contributed by atoms with Crippen LogP contribution in [0.25, 0.3) is 11.1 Å². The monoisotopic (exact) mass is 662 g/mol. The average molecular weight is 663 g/mol. The molecule has 0 saturated carbocycles. The number of anilines is 1. The Kier molecular flexibility index (Phi) is 10.3. The summed E-state index contributed by atoms with van der Waals surface area (Å²) in [6.45, 7) is 6.64. The number of amides is 2. The topological polar surface area (TPSA) is 140 Å². The second-order valence-electron chi connectivity index (χ2n) is 11.3. The largest absolute Gasteiger partial charge is 0.493 e. The number of methoxy groups -OCH3 is 1. The third-order valence-electron chi connectivity index (χ3n) is 6.68. The number of carbonyl (C=O) groups is 2. The van der Waals surface area contributed by atoms with E-state index < -0.39 is 33.8 Å². The molecule has 0 bridgehead atoms. The van der Waals surface area contributed by atoms with Gasteiger partial charge in [-0.05, 0) is 69.2 Å². The van der Waals surface area contributed by atoms with Crippen LogP contribution in [0, 0.1) is 18.3 Å². The zero-order valence-electron chi connectivity index (χ0n) is 26.5. The van der Waals surface area contributed by atoms with Crippen molar-refractivity contribution in [3.63, 3.8) is 0 Å². The Morgan fingerprint density at radius 3 is 2.36 bits per heavy atom. The van der Waals surface area contributed by atoms with Crippen LogP contribution in [-0.4, -0.2) is 40.2 Å². The van der Waals surface area contributed by atoms with E-state index in [4.69, 9.17) is 14.2 Å². The van der Waals surface area contributed by atoms with Crippen molar-refractivity contribution in [2.75, 3.05) is 18.7 Å². The number of pyridine rings is 1. The lowest BCUT2D eigenvalue weighted by atomic mass is 9.97. The second kappa shape index (κ2) is 14.0. The van der Waals surface area contributed by atoms with Crippen molar-refractivity contribution >= 4 is 27.4 Å². The Labute approximate surface area is 271 Å². The van der Waals surface area contributed by atoms with Crippen LogP contribution in [0.4, 0.5) is 19.3 Å². The van der Waals surface area contributed by atoms with E-state index in [-0.39, 0.29) is 39.1 Å². The lowest BCUT2D eigenvalue weighted by molar-refractivity contribution is 0.0607. The summed E-state index contributed by atoms with van der Waals surface area (Å²) in [6.07, 6.45) is -0.890. The summed E-state index contributed by atoms with van der Waals surface area (Å²) >= 11 is 0. The summed E-state index contributed by atoms with van der Waals surface area (Å²) in [5, 5.41) is 12.0. The number of alkyl halides is 2. The molecule has 0 aliphatic heterocycles. The first kappa shape index (κ1) is 34.5. The summed E-state index contributed by atoms with van der Waals surface area (Å²) in [4.78, 5) is 30.8. The van der Waals surface area contributed by atoms with Crippen LogP contribution in [-0.2, 0) is 14.5 Å². The molecule has 1 N–H and O–H groups in total. The molecule has 244 valence electrons. The molecule has 2 amide bonds. The highest BCUT2D eigenvalue weighted by Crippen LogP contribution is 2.37. The van der Waals surface area contributed by atoms with Crippen molar-refractivity contribution in [3.05, 3.63) is 95.2 Å². The fraction of sp³-hybridized carbons (Fsp3) is 0.235. The van der Waals surface area contributed by atoms with Crippen LogP contribution < -0.4 is 14.8 Å². The summed E-state index contributed by atoms with van der Waals surface area (Å²) < 4.78 is 60.2. The molecule has 0 fully saturated rings. The van der Waals surface area contributed by atoms with E-state index in [0.717, 1.165) is 0 Å². The highest BCUT2D eigenvalue weighted by atomic mass is 32.2. The van der Waals surface area contributed by atoms with Crippen LogP contribution in [0.2, 0.25) is 0 Å². The van der Waals surface area contributed by atoms with Crippen molar-refractivity contribution in [1.82, 2.24) is 4.98 Å². The van der Waals surface area contributed by atoms with E-state index in [0.29, 0.717) is 22.3 Å². The van der Waals surface area contributed by atoms with E-state index in [2.05, 4.69) is 14.7 Å². The Morgan fingerprint density at radius 1 is 1.04 bits per heavy atom. The molecule has 1 atom stereocenters. The Morgan fingerprint density at radius 2 is 1.74 bits per heavy atom. The molecule has 47 heavy (non-hydrogen) atoms. The molecule has 0 aliphatic carbocycles. The van der Waals surface area contributed by atoms with E-state index >= 15 is 0 Å². The van der Waals surface area contributed by atoms with Gasteiger partial charge >= 0.3 is 6.09 Å². The Hall–Kier alpha value is -5.35. The van der Waals surface area contributed by atoms with Gasteiger partial charge < -0.3 is 19.5 Å². The molecular formula is C34H32F2N4O6S. The van der Waals surface area contributed by atoms with E-state index in [1.165, 1.54) is 74.2 Å². The molecule has 3 aromatic carbocycles. The summed E-state index contributed by atoms with van der Waals surface area (Å²) in [7, 11) is -1.86. The Balaban J connectivity index is 1.77. The predicted octanol–water partition coefficient (Wildman–Crippen LogP) is 8.31. The van der Waals surface area contributed by atoms with Crippen molar-refractivity contribution in [2.24, 2.45) is 4.36 Å². The molecule has 0 aliphatic rings. The lowest BCUT2D eigenvalue weighted by Crippen LogP contribution is -2.22. The molecule has 4 aromatic rings.